The maximum atomic E-state index is 11.7. The van der Waals surface area contributed by atoms with E-state index in [-0.39, 0.29) is 6.10 Å². The molecule has 2 rings (SSSR count). The van der Waals surface area contributed by atoms with Crippen LogP contribution in [0, 0.1) is 5.41 Å². The topological polar surface area (TPSA) is 59.4 Å². The molecule has 1 aromatic heterocycles. The summed E-state index contributed by atoms with van der Waals surface area (Å²) in [4.78, 5) is 15.6. The predicted molar refractivity (Wildman–Crippen MR) is 72.3 cm³/mol. The average Bonchev–Trinajstić information content (AvgIpc) is 2.39. The highest BCUT2D eigenvalue weighted by molar-refractivity contribution is 6.29. The lowest BCUT2D eigenvalue weighted by Gasteiger charge is -2.36. The summed E-state index contributed by atoms with van der Waals surface area (Å²) in [5.41, 5.74) is 0.234. The van der Waals surface area contributed by atoms with Gasteiger partial charge in [0.25, 0.3) is 0 Å². The van der Waals surface area contributed by atoms with Gasteiger partial charge in [-0.2, -0.15) is 0 Å². The van der Waals surface area contributed by atoms with Gasteiger partial charge in [0.2, 0.25) is 0 Å². The Kier molecular flexibility index (Phi) is 4.42. The zero-order valence-corrected chi connectivity index (χ0v) is 11.7. The van der Waals surface area contributed by atoms with Gasteiger partial charge in [0.05, 0.1) is 11.5 Å². The van der Waals surface area contributed by atoms with Gasteiger partial charge in [-0.1, -0.05) is 11.6 Å². The molecular formula is C14H18ClNO3. The maximum Gasteiger partial charge on any atom is 0.309 e. The molecule has 0 unspecified atom stereocenters. The average molecular weight is 284 g/mol. The van der Waals surface area contributed by atoms with Gasteiger partial charge in [0.1, 0.15) is 5.15 Å². The van der Waals surface area contributed by atoms with Crippen molar-refractivity contribution in [2.75, 3.05) is 7.11 Å². The molecule has 0 amide bonds. The number of rotatable bonds is 4. The second-order valence-electron chi connectivity index (χ2n) is 5.18. The predicted octanol–water partition coefficient (Wildman–Crippen LogP) is 2.94. The molecule has 5 heteroatoms. The van der Waals surface area contributed by atoms with Crippen molar-refractivity contribution in [2.45, 2.75) is 38.2 Å². The minimum Gasteiger partial charge on any atom is -0.481 e. The second-order valence-corrected chi connectivity index (χ2v) is 5.57. The first-order valence-corrected chi connectivity index (χ1v) is 6.80. The minimum atomic E-state index is -0.727. The molecule has 1 aliphatic carbocycles. The molecule has 1 fully saturated rings. The monoisotopic (exact) mass is 283 g/mol. The molecule has 1 aliphatic rings. The van der Waals surface area contributed by atoms with E-state index in [9.17, 15) is 9.90 Å². The number of nitrogens with zero attached hydrogens (tertiary/aromatic N) is 1. The van der Waals surface area contributed by atoms with Crippen molar-refractivity contribution < 1.29 is 14.6 Å². The zero-order valence-electron chi connectivity index (χ0n) is 10.9. The van der Waals surface area contributed by atoms with Crippen molar-refractivity contribution >= 4 is 17.6 Å². The van der Waals surface area contributed by atoms with Gasteiger partial charge in [-0.05, 0) is 49.8 Å². The van der Waals surface area contributed by atoms with Crippen molar-refractivity contribution in [3.05, 3.63) is 29.0 Å². The van der Waals surface area contributed by atoms with Gasteiger partial charge in [-0.25, -0.2) is 4.98 Å². The number of hydrogen-bond donors (Lipinski definition) is 1. The summed E-state index contributed by atoms with van der Waals surface area (Å²) in [5, 5.41) is 10.00. The summed E-state index contributed by atoms with van der Waals surface area (Å²) in [6.45, 7) is 0. The van der Waals surface area contributed by atoms with Crippen molar-refractivity contribution in [3.8, 4) is 0 Å². The number of hydrogen-bond acceptors (Lipinski definition) is 3. The fourth-order valence-corrected chi connectivity index (χ4v) is 2.99. The molecule has 0 radical (unpaired) electrons. The molecule has 1 N–H and O–H groups in total. The second kappa shape index (κ2) is 5.88. The Bertz CT molecular complexity index is 456. The van der Waals surface area contributed by atoms with Crippen LogP contribution in [0.15, 0.2) is 18.3 Å². The number of carbonyl (C=O) groups is 1. The normalized spacial score (nSPS) is 27.2. The molecule has 104 valence electrons. The number of carboxylic acids is 1. The van der Waals surface area contributed by atoms with Crippen LogP contribution in [0.3, 0.4) is 0 Å². The Morgan fingerprint density at radius 2 is 2.26 bits per heavy atom. The zero-order chi connectivity index (χ0) is 13.9. The van der Waals surface area contributed by atoms with Gasteiger partial charge in [-0.15, -0.1) is 0 Å². The molecule has 0 spiro atoms. The largest absolute Gasteiger partial charge is 0.481 e. The molecule has 0 aliphatic heterocycles. The van der Waals surface area contributed by atoms with E-state index in [1.54, 1.807) is 19.4 Å². The fraction of sp³-hybridized carbons (Fsp3) is 0.571. The first-order chi connectivity index (χ1) is 9.05. The summed E-state index contributed by atoms with van der Waals surface area (Å²) >= 11 is 5.85. The summed E-state index contributed by atoms with van der Waals surface area (Å²) in [7, 11) is 1.68. The van der Waals surface area contributed by atoms with Gasteiger partial charge < -0.3 is 9.84 Å². The number of halogens is 1. The van der Waals surface area contributed by atoms with Crippen molar-refractivity contribution in [2.24, 2.45) is 5.41 Å². The van der Waals surface area contributed by atoms with E-state index < -0.39 is 11.4 Å². The summed E-state index contributed by atoms with van der Waals surface area (Å²) in [5.74, 6) is -0.727. The van der Waals surface area contributed by atoms with E-state index in [1.807, 2.05) is 6.07 Å². The van der Waals surface area contributed by atoms with Gasteiger partial charge in [0.15, 0.2) is 0 Å². The molecule has 1 heterocycles. The van der Waals surface area contributed by atoms with E-state index >= 15 is 0 Å². The first kappa shape index (κ1) is 14.3. The van der Waals surface area contributed by atoms with Crippen LogP contribution in [-0.2, 0) is 16.0 Å². The standard InChI is InChI=1S/C14H18ClNO3/c1-19-11-2-5-14(6-3-11,13(17)18)9-10-4-7-16-12(15)8-10/h4,7-8,11H,2-3,5-6,9H2,1H3,(H,17,18). The maximum absolute atomic E-state index is 11.7. The van der Waals surface area contributed by atoms with Crippen LogP contribution < -0.4 is 0 Å². The molecular weight excluding hydrogens is 266 g/mol. The molecule has 1 saturated carbocycles. The number of pyridine rings is 1. The molecule has 4 nitrogen and oxygen atoms in total. The van der Waals surface area contributed by atoms with Crippen molar-refractivity contribution in [1.29, 1.82) is 0 Å². The highest BCUT2D eigenvalue weighted by atomic mass is 35.5. The molecule has 0 atom stereocenters. The first-order valence-electron chi connectivity index (χ1n) is 6.42. The highest BCUT2D eigenvalue weighted by Crippen LogP contribution is 2.40. The molecule has 0 saturated heterocycles. The molecule has 19 heavy (non-hydrogen) atoms. The van der Waals surface area contributed by atoms with Crippen LogP contribution in [-0.4, -0.2) is 29.3 Å². The van der Waals surface area contributed by atoms with Crippen LogP contribution in [0.4, 0.5) is 0 Å². The number of aliphatic carboxylic acids is 1. The van der Waals surface area contributed by atoms with E-state index in [4.69, 9.17) is 16.3 Å². The van der Waals surface area contributed by atoms with E-state index in [1.165, 1.54) is 0 Å². The number of aromatic nitrogens is 1. The van der Waals surface area contributed by atoms with E-state index in [0.717, 1.165) is 18.4 Å². The Hall–Kier alpha value is -1.13. The lowest BCUT2D eigenvalue weighted by molar-refractivity contribution is -0.152. The molecule has 1 aromatic rings. The van der Waals surface area contributed by atoms with Gasteiger partial charge >= 0.3 is 5.97 Å². The third-order valence-corrected chi connectivity index (χ3v) is 4.22. The fourth-order valence-electron chi connectivity index (χ4n) is 2.79. The lowest BCUT2D eigenvalue weighted by atomic mass is 9.69. The van der Waals surface area contributed by atoms with Crippen LogP contribution in [0.5, 0.6) is 0 Å². The number of ether oxygens (including phenoxy) is 1. The molecule has 0 aromatic carbocycles. The summed E-state index contributed by atoms with van der Waals surface area (Å²) in [6, 6.07) is 3.58. The van der Waals surface area contributed by atoms with Crippen LogP contribution >= 0.6 is 11.6 Å². The smallest absolute Gasteiger partial charge is 0.309 e. The van der Waals surface area contributed by atoms with Crippen molar-refractivity contribution in [1.82, 2.24) is 4.98 Å². The van der Waals surface area contributed by atoms with E-state index in [0.29, 0.717) is 24.4 Å². The van der Waals surface area contributed by atoms with Crippen LogP contribution in [0.2, 0.25) is 5.15 Å². The van der Waals surface area contributed by atoms with Gasteiger partial charge in [-0.3, -0.25) is 4.79 Å². The van der Waals surface area contributed by atoms with E-state index in [2.05, 4.69) is 4.98 Å². The van der Waals surface area contributed by atoms with Crippen LogP contribution in [0.25, 0.3) is 0 Å². The lowest BCUT2D eigenvalue weighted by Crippen LogP contribution is -2.39. The number of methoxy groups -OCH3 is 1. The highest BCUT2D eigenvalue weighted by Gasteiger charge is 2.42. The Morgan fingerprint density at radius 3 is 2.79 bits per heavy atom. The third-order valence-electron chi connectivity index (χ3n) is 4.01. The number of carboxylic acid groups (broad SMARTS) is 1. The SMILES string of the molecule is COC1CCC(Cc2ccnc(Cl)c2)(C(=O)O)CC1. The quantitative estimate of drug-likeness (QED) is 0.863. The Balaban J connectivity index is 2.15. The summed E-state index contributed by atoms with van der Waals surface area (Å²) < 4.78 is 5.31. The molecule has 0 bridgehead atoms. The minimum absolute atomic E-state index is 0.188. The van der Waals surface area contributed by atoms with Crippen LogP contribution in [0.1, 0.15) is 31.2 Å². The summed E-state index contributed by atoms with van der Waals surface area (Å²) in [6.07, 6.45) is 5.17. The van der Waals surface area contributed by atoms with Crippen molar-refractivity contribution in [3.63, 3.8) is 0 Å². The Labute approximate surface area is 117 Å². The Morgan fingerprint density at radius 1 is 1.58 bits per heavy atom. The third kappa shape index (κ3) is 3.25. The van der Waals surface area contributed by atoms with Gasteiger partial charge in [0, 0.05) is 13.3 Å².